The van der Waals surface area contributed by atoms with E-state index < -0.39 is 28.5 Å². The first-order chi connectivity index (χ1) is 19.6. The van der Waals surface area contributed by atoms with Crippen molar-refractivity contribution >= 4 is 17.5 Å². The Balaban J connectivity index is 1.38. The first-order valence-corrected chi connectivity index (χ1v) is 13.2. The number of benzene rings is 2. The molecular weight excluding hydrogens is 531 g/mol. The van der Waals surface area contributed by atoms with Crippen molar-refractivity contribution in [3.8, 4) is 11.3 Å². The van der Waals surface area contributed by atoms with Crippen molar-refractivity contribution in [2.24, 2.45) is 5.41 Å². The normalized spacial score (nSPS) is 21.0. The molecule has 0 saturated heterocycles. The Labute approximate surface area is 234 Å². The molecule has 6 rings (SSSR count). The van der Waals surface area contributed by atoms with Gasteiger partial charge in [-0.05, 0) is 49.6 Å². The zero-order valence-corrected chi connectivity index (χ0v) is 22.0. The van der Waals surface area contributed by atoms with Crippen LogP contribution >= 0.6 is 0 Å². The fourth-order valence-corrected chi connectivity index (χ4v) is 5.59. The third-order valence-corrected chi connectivity index (χ3v) is 7.99. The van der Waals surface area contributed by atoms with Crippen molar-refractivity contribution in [3.63, 3.8) is 0 Å². The third kappa shape index (κ3) is 4.61. The lowest BCUT2D eigenvalue weighted by molar-refractivity contribution is -0.145. The number of nitrogens with one attached hydrogen (secondary N) is 1. The molecule has 2 aromatic heterocycles. The quantitative estimate of drug-likeness (QED) is 0.225. The van der Waals surface area contributed by atoms with Crippen LogP contribution in [0.2, 0.25) is 0 Å². The van der Waals surface area contributed by atoms with Crippen molar-refractivity contribution in [2.45, 2.75) is 37.3 Å². The number of alkyl halides is 3. The summed E-state index contributed by atoms with van der Waals surface area (Å²) in [7, 11) is 0. The summed E-state index contributed by atoms with van der Waals surface area (Å²) in [6.07, 6.45) is 4.26. The van der Waals surface area contributed by atoms with Crippen LogP contribution in [0.5, 0.6) is 0 Å². The van der Waals surface area contributed by atoms with E-state index in [1.165, 1.54) is 6.07 Å². The monoisotopic (exact) mass is 557 g/mol. The molecule has 0 amide bonds. The molecule has 2 heterocycles. The van der Waals surface area contributed by atoms with Gasteiger partial charge in [0.1, 0.15) is 17.2 Å². The highest BCUT2D eigenvalue weighted by molar-refractivity contribution is 5.83. The zero-order chi connectivity index (χ0) is 28.8. The molecule has 0 bridgehead atoms. The summed E-state index contributed by atoms with van der Waals surface area (Å²) >= 11 is 0. The number of anilines is 2. The van der Waals surface area contributed by atoms with Crippen LogP contribution in [0.15, 0.2) is 102 Å². The van der Waals surface area contributed by atoms with Gasteiger partial charge >= 0.3 is 12.1 Å². The van der Waals surface area contributed by atoms with E-state index in [1.807, 2.05) is 54.6 Å². The minimum absolute atomic E-state index is 0.0276. The number of aliphatic carboxylic acids is 1. The standard InChI is InChI=1S/C32H26F3N3O3/c1-20-27(37-26-12-6-11-25(36-26)23-9-5-10-24(19-23)32(33,34)35)28(41-38-20)30(31(17-18-31)29(39)40)15-13-22(14-16-30)21-7-3-2-4-8-21/h2-16,19,22H,17-18H2,1H3,(H,36,37)(H,39,40). The van der Waals surface area contributed by atoms with Crippen LogP contribution < -0.4 is 5.32 Å². The lowest BCUT2D eigenvalue weighted by Gasteiger charge is -2.35. The average molecular weight is 558 g/mol. The van der Waals surface area contributed by atoms with Crippen molar-refractivity contribution < 1.29 is 27.6 Å². The molecule has 2 aliphatic carbocycles. The van der Waals surface area contributed by atoms with Crippen LogP contribution in [-0.2, 0) is 16.4 Å². The summed E-state index contributed by atoms with van der Waals surface area (Å²) in [5, 5.41) is 17.8. The number of carboxylic acids is 1. The van der Waals surface area contributed by atoms with E-state index in [1.54, 1.807) is 31.2 Å². The summed E-state index contributed by atoms with van der Waals surface area (Å²) < 4.78 is 45.7. The van der Waals surface area contributed by atoms with Gasteiger partial charge in [-0.1, -0.05) is 78.0 Å². The summed E-state index contributed by atoms with van der Waals surface area (Å²) in [5.41, 5.74) is -0.255. The molecule has 41 heavy (non-hydrogen) atoms. The van der Waals surface area contributed by atoms with Crippen LogP contribution in [0.3, 0.4) is 0 Å². The molecule has 0 atom stereocenters. The number of rotatable bonds is 7. The number of carboxylic acid groups (broad SMARTS) is 1. The van der Waals surface area contributed by atoms with Gasteiger partial charge in [0.25, 0.3) is 0 Å². The maximum Gasteiger partial charge on any atom is 0.416 e. The lowest BCUT2D eigenvalue weighted by Crippen LogP contribution is -2.40. The van der Waals surface area contributed by atoms with Crippen LogP contribution in [0.25, 0.3) is 11.3 Å². The summed E-state index contributed by atoms with van der Waals surface area (Å²) in [4.78, 5) is 17.2. The topological polar surface area (TPSA) is 88.2 Å². The van der Waals surface area contributed by atoms with Crippen molar-refractivity contribution in [1.29, 1.82) is 0 Å². The van der Waals surface area contributed by atoms with Crippen LogP contribution in [0.1, 0.15) is 41.3 Å². The Morgan fingerprint density at radius 3 is 2.37 bits per heavy atom. The molecule has 9 heteroatoms. The summed E-state index contributed by atoms with van der Waals surface area (Å²) in [6.45, 7) is 1.74. The molecule has 2 N–H and O–H groups in total. The predicted molar refractivity (Wildman–Crippen MR) is 148 cm³/mol. The molecule has 4 aromatic rings. The molecule has 0 spiro atoms. The number of aromatic nitrogens is 2. The molecule has 6 nitrogen and oxygen atoms in total. The maximum absolute atomic E-state index is 13.3. The van der Waals surface area contributed by atoms with E-state index in [4.69, 9.17) is 4.52 Å². The first-order valence-electron chi connectivity index (χ1n) is 13.2. The van der Waals surface area contributed by atoms with Gasteiger partial charge in [0, 0.05) is 11.5 Å². The van der Waals surface area contributed by atoms with Crippen LogP contribution in [-0.4, -0.2) is 21.2 Å². The fourth-order valence-electron chi connectivity index (χ4n) is 5.59. The van der Waals surface area contributed by atoms with Gasteiger partial charge in [-0.15, -0.1) is 0 Å². The maximum atomic E-state index is 13.3. The lowest BCUT2D eigenvalue weighted by atomic mass is 9.66. The summed E-state index contributed by atoms with van der Waals surface area (Å²) in [5.74, 6) is -0.247. The highest BCUT2D eigenvalue weighted by atomic mass is 19.4. The first kappa shape index (κ1) is 26.6. The number of nitrogens with zero attached hydrogens (tertiary/aromatic N) is 2. The van der Waals surface area contributed by atoms with Crippen molar-refractivity contribution in [3.05, 3.63) is 120 Å². The van der Waals surface area contributed by atoms with Crippen molar-refractivity contribution in [2.75, 3.05) is 5.32 Å². The molecule has 1 fully saturated rings. The zero-order valence-electron chi connectivity index (χ0n) is 22.0. The second-order valence-electron chi connectivity index (χ2n) is 10.5. The minimum atomic E-state index is -4.47. The number of pyridine rings is 1. The van der Waals surface area contributed by atoms with Gasteiger partial charge in [-0.25, -0.2) is 4.98 Å². The number of hydrogen-bond donors (Lipinski definition) is 2. The van der Waals surface area contributed by atoms with Gasteiger partial charge in [-0.3, -0.25) is 4.79 Å². The van der Waals surface area contributed by atoms with Gasteiger partial charge in [0.05, 0.1) is 22.1 Å². The van der Waals surface area contributed by atoms with Crippen LogP contribution in [0.4, 0.5) is 24.7 Å². The van der Waals surface area contributed by atoms with Gasteiger partial charge in [-0.2, -0.15) is 13.2 Å². The number of allylic oxidation sites excluding steroid dienone is 4. The van der Waals surface area contributed by atoms with E-state index in [9.17, 15) is 23.1 Å². The Kier molecular flexibility index (Phi) is 6.32. The van der Waals surface area contributed by atoms with Gasteiger partial charge in [0.2, 0.25) is 0 Å². The van der Waals surface area contributed by atoms with Crippen LogP contribution in [0, 0.1) is 12.3 Å². The SMILES string of the molecule is Cc1noc(C2(C3(C(=O)O)CC3)C=CC(c3ccccc3)C=C2)c1Nc1cccc(-c2cccc(C(F)(F)F)c2)n1. The van der Waals surface area contributed by atoms with E-state index in [2.05, 4.69) is 15.5 Å². The van der Waals surface area contributed by atoms with Gasteiger partial charge in [0.15, 0.2) is 5.76 Å². The number of aryl methyl sites for hydroxylation is 1. The molecule has 1 saturated carbocycles. The number of hydrogen-bond acceptors (Lipinski definition) is 5. The Bertz CT molecular complexity index is 1660. The van der Waals surface area contributed by atoms with E-state index in [0.717, 1.165) is 17.7 Å². The molecule has 208 valence electrons. The highest BCUT2D eigenvalue weighted by Gasteiger charge is 2.66. The molecular formula is C32H26F3N3O3. The Hall–Kier alpha value is -4.66. The molecule has 2 aliphatic rings. The second kappa shape index (κ2) is 9.76. The summed E-state index contributed by atoms with van der Waals surface area (Å²) in [6, 6.07) is 19.9. The van der Waals surface area contributed by atoms with E-state index >= 15 is 0 Å². The highest BCUT2D eigenvalue weighted by Crippen LogP contribution is 2.63. The smallest absolute Gasteiger partial charge is 0.416 e. The van der Waals surface area contributed by atoms with Gasteiger partial charge < -0.3 is 14.9 Å². The van der Waals surface area contributed by atoms with E-state index in [-0.39, 0.29) is 5.92 Å². The Morgan fingerprint density at radius 2 is 1.71 bits per heavy atom. The van der Waals surface area contributed by atoms with E-state index in [0.29, 0.717) is 47.1 Å². The number of carbonyl (C=O) groups is 1. The number of halogens is 3. The average Bonchev–Trinajstić information content (AvgIpc) is 3.73. The molecule has 0 radical (unpaired) electrons. The van der Waals surface area contributed by atoms with Crippen molar-refractivity contribution in [1.82, 2.24) is 10.1 Å². The molecule has 0 unspecified atom stereocenters. The minimum Gasteiger partial charge on any atom is -0.481 e. The Morgan fingerprint density at radius 1 is 1.00 bits per heavy atom. The fraction of sp³-hybridized carbons (Fsp3) is 0.219. The predicted octanol–water partition coefficient (Wildman–Crippen LogP) is 7.82. The molecule has 0 aliphatic heterocycles. The largest absolute Gasteiger partial charge is 0.481 e. The second-order valence-corrected chi connectivity index (χ2v) is 10.5. The third-order valence-electron chi connectivity index (χ3n) is 7.99. The molecule has 2 aromatic carbocycles.